The van der Waals surface area contributed by atoms with Gasteiger partial charge in [-0.25, -0.2) is 0 Å². The average Bonchev–Trinajstić information content (AvgIpc) is 2.01. The normalized spacial score (nSPS) is 43.0. The topological polar surface area (TPSA) is 64.7 Å². The van der Waals surface area contributed by atoms with E-state index in [-0.39, 0.29) is 18.4 Å². The molecule has 1 heterocycles. The summed E-state index contributed by atoms with van der Waals surface area (Å²) in [5.41, 5.74) is 5.68. The quantitative estimate of drug-likeness (QED) is 0.612. The number of aliphatic hydroxyl groups excluding tert-OH is 1. The molecule has 0 aromatic rings. The SMILES string of the molecule is CCO[C@H]1C[C@H](N)[C@@H](O)[C@H](C)O1. The van der Waals surface area contributed by atoms with Crippen LogP contribution in [0.3, 0.4) is 0 Å². The van der Waals surface area contributed by atoms with Crippen molar-refractivity contribution in [3.63, 3.8) is 0 Å². The Labute approximate surface area is 72.6 Å². The zero-order chi connectivity index (χ0) is 9.14. The van der Waals surface area contributed by atoms with Crippen LogP contribution in [0.25, 0.3) is 0 Å². The standard InChI is InChI=1S/C8H17NO3/c1-3-11-7-4-6(9)8(10)5(2)12-7/h5-8,10H,3-4,9H2,1-2H3/t5-,6-,7+,8-/m0/s1. The predicted molar refractivity (Wildman–Crippen MR) is 44.6 cm³/mol. The van der Waals surface area contributed by atoms with E-state index in [1.807, 2.05) is 6.92 Å². The molecule has 4 atom stereocenters. The molecule has 0 aromatic heterocycles. The van der Waals surface area contributed by atoms with Gasteiger partial charge < -0.3 is 20.3 Å². The molecule has 0 bridgehead atoms. The third-order valence-electron chi connectivity index (χ3n) is 2.10. The summed E-state index contributed by atoms with van der Waals surface area (Å²) in [4.78, 5) is 0. The van der Waals surface area contributed by atoms with Gasteiger partial charge in [-0.3, -0.25) is 0 Å². The van der Waals surface area contributed by atoms with Crippen molar-refractivity contribution in [3.8, 4) is 0 Å². The summed E-state index contributed by atoms with van der Waals surface area (Å²) >= 11 is 0. The lowest BCUT2D eigenvalue weighted by Crippen LogP contribution is -2.51. The third-order valence-corrected chi connectivity index (χ3v) is 2.10. The summed E-state index contributed by atoms with van der Waals surface area (Å²) in [5.74, 6) is 0. The van der Waals surface area contributed by atoms with E-state index >= 15 is 0 Å². The van der Waals surface area contributed by atoms with Crippen LogP contribution in [0.1, 0.15) is 20.3 Å². The van der Waals surface area contributed by atoms with Crippen molar-refractivity contribution < 1.29 is 14.6 Å². The lowest BCUT2D eigenvalue weighted by atomic mass is 10.0. The molecule has 0 amide bonds. The molecule has 4 nitrogen and oxygen atoms in total. The van der Waals surface area contributed by atoms with Crippen LogP contribution in [0, 0.1) is 0 Å². The second kappa shape index (κ2) is 4.18. The molecule has 1 aliphatic rings. The van der Waals surface area contributed by atoms with Crippen LogP contribution in [0.5, 0.6) is 0 Å². The number of hydrogen-bond acceptors (Lipinski definition) is 4. The highest BCUT2D eigenvalue weighted by atomic mass is 16.7. The fraction of sp³-hybridized carbons (Fsp3) is 1.00. The second-order valence-electron chi connectivity index (χ2n) is 3.12. The molecule has 0 aromatic carbocycles. The van der Waals surface area contributed by atoms with Gasteiger partial charge in [0.2, 0.25) is 0 Å². The summed E-state index contributed by atoms with van der Waals surface area (Å²) in [6, 6.07) is -0.231. The van der Waals surface area contributed by atoms with Gasteiger partial charge in [0, 0.05) is 19.1 Å². The number of hydrogen-bond donors (Lipinski definition) is 2. The van der Waals surface area contributed by atoms with Gasteiger partial charge in [-0.15, -0.1) is 0 Å². The summed E-state index contributed by atoms with van der Waals surface area (Å²) in [6.07, 6.45) is -0.477. The molecular formula is C8H17NO3. The Morgan fingerprint density at radius 1 is 1.67 bits per heavy atom. The largest absolute Gasteiger partial charge is 0.389 e. The summed E-state index contributed by atoms with van der Waals surface area (Å²) in [6.45, 7) is 4.32. The molecule has 0 spiro atoms. The molecular weight excluding hydrogens is 158 g/mol. The minimum atomic E-state index is -0.568. The number of nitrogens with two attached hydrogens (primary N) is 1. The van der Waals surface area contributed by atoms with E-state index in [9.17, 15) is 5.11 Å². The van der Waals surface area contributed by atoms with Crippen LogP contribution < -0.4 is 5.73 Å². The first-order chi connectivity index (χ1) is 5.65. The van der Waals surface area contributed by atoms with E-state index in [1.54, 1.807) is 6.92 Å². The molecule has 1 rings (SSSR count). The molecule has 4 heteroatoms. The van der Waals surface area contributed by atoms with Crippen LogP contribution in [-0.2, 0) is 9.47 Å². The van der Waals surface area contributed by atoms with Crippen molar-refractivity contribution in [3.05, 3.63) is 0 Å². The summed E-state index contributed by atoms with van der Waals surface area (Å²) in [5, 5.41) is 9.43. The highest BCUT2D eigenvalue weighted by Gasteiger charge is 2.32. The molecule has 1 aliphatic heterocycles. The number of rotatable bonds is 2. The monoisotopic (exact) mass is 175 g/mol. The first-order valence-electron chi connectivity index (χ1n) is 4.35. The van der Waals surface area contributed by atoms with Gasteiger partial charge in [0.15, 0.2) is 6.29 Å². The Kier molecular flexibility index (Phi) is 3.46. The molecule has 12 heavy (non-hydrogen) atoms. The van der Waals surface area contributed by atoms with E-state index < -0.39 is 6.10 Å². The molecule has 0 aliphatic carbocycles. The van der Waals surface area contributed by atoms with E-state index in [0.717, 1.165) is 0 Å². The fourth-order valence-electron chi connectivity index (χ4n) is 1.38. The molecule has 0 unspecified atom stereocenters. The van der Waals surface area contributed by atoms with Crippen LogP contribution >= 0.6 is 0 Å². The van der Waals surface area contributed by atoms with E-state index in [2.05, 4.69) is 0 Å². The zero-order valence-electron chi connectivity index (χ0n) is 7.56. The fourth-order valence-corrected chi connectivity index (χ4v) is 1.38. The van der Waals surface area contributed by atoms with Crippen molar-refractivity contribution in [1.82, 2.24) is 0 Å². The maximum absolute atomic E-state index is 9.43. The first kappa shape index (κ1) is 9.92. The second-order valence-corrected chi connectivity index (χ2v) is 3.12. The van der Waals surface area contributed by atoms with Gasteiger partial charge in [-0.05, 0) is 13.8 Å². The molecule has 1 saturated heterocycles. The van der Waals surface area contributed by atoms with Gasteiger partial charge in [-0.1, -0.05) is 0 Å². The van der Waals surface area contributed by atoms with Crippen molar-refractivity contribution in [2.45, 2.75) is 44.8 Å². The van der Waals surface area contributed by atoms with Crippen LogP contribution in [0.15, 0.2) is 0 Å². The molecule has 72 valence electrons. The Morgan fingerprint density at radius 3 is 2.83 bits per heavy atom. The number of aliphatic hydroxyl groups is 1. The Morgan fingerprint density at radius 2 is 2.33 bits per heavy atom. The van der Waals surface area contributed by atoms with Gasteiger partial charge >= 0.3 is 0 Å². The molecule has 0 saturated carbocycles. The lowest BCUT2D eigenvalue weighted by Gasteiger charge is -2.35. The van der Waals surface area contributed by atoms with Crippen LogP contribution in [0.2, 0.25) is 0 Å². The minimum absolute atomic E-state index is 0.231. The van der Waals surface area contributed by atoms with Gasteiger partial charge in [0.1, 0.15) is 0 Å². The average molecular weight is 175 g/mol. The minimum Gasteiger partial charge on any atom is -0.389 e. The van der Waals surface area contributed by atoms with Crippen molar-refractivity contribution in [1.29, 1.82) is 0 Å². The highest BCUT2D eigenvalue weighted by Crippen LogP contribution is 2.19. The van der Waals surface area contributed by atoms with Gasteiger partial charge in [0.05, 0.1) is 12.2 Å². The van der Waals surface area contributed by atoms with Crippen molar-refractivity contribution in [2.24, 2.45) is 5.73 Å². The summed E-state index contributed by atoms with van der Waals surface area (Å²) < 4.78 is 10.6. The molecule has 0 radical (unpaired) electrons. The molecule has 3 N–H and O–H groups in total. The first-order valence-corrected chi connectivity index (χ1v) is 4.35. The number of ether oxygens (including phenoxy) is 2. The smallest absolute Gasteiger partial charge is 0.159 e. The Balaban J connectivity index is 2.42. The Hall–Kier alpha value is -0.160. The van der Waals surface area contributed by atoms with Crippen molar-refractivity contribution in [2.75, 3.05) is 6.61 Å². The van der Waals surface area contributed by atoms with Gasteiger partial charge in [0.25, 0.3) is 0 Å². The maximum atomic E-state index is 9.43. The van der Waals surface area contributed by atoms with E-state index in [0.29, 0.717) is 13.0 Å². The molecule has 1 fully saturated rings. The van der Waals surface area contributed by atoms with Crippen molar-refractivity contribution >= 4 is 0 Å². The van der Waals surface area contributed by atoms with Crippen LogP contribution in [-0.4, -0.2) is 36.3 Å². The van der Waals surface area contributed by atoms with Gasteiger partial charge in [-0.2, -0.15) is 0 Å². The lowest BCUT2D eigenvalue weighted by molar-refractivity contribution is -0.220. The Bertz CT molecular complexity index is 130. The van der Waals surface area contributed by atoms with Crippen LogP contribution in [0.4, 0.5) is 0 Å². The van der Waals surface area contributed by atoms with E-state index in [1.165, 1.54) is 0 Å². The summed E-state index contributed by atoms with van der Waals surface area (Å²) in [7, 11) is 0. The maximum Gasteiger partial charge on any atom is 0.159 e. The highest BCUT2D eigenvalue weighted by molar-refractivity contribution is 4.82. The van der Waals surface area contributed by atoms with E-state index in [4.69, 9.17) is 15.2 Å². The zero-order valence-corrected chi connectivity index (χ0v) is 7.56. The third kappa shape index (κ3) is 2.17. The predicted octanol–water partition coefficient (Wildman–Crippen LogP) is -0.154.